The second kappa shape index (κ2) is 8.78. The number of carbonyl (C=O) groups is 2. The molecule has 1 aliphatic rings. The molecule has 154 valence electrons. The van der Waals surface area contributed by atoms with Gasteiger partial charge in [-0.15, -0.1) is 23.2 Å². The Morgan fingerprint density at radius 3 is 2.24 bits per heavy atom. The number of alkyl halides is 2. The van der Waals surface area contributed by atoms with E-state index >= 15 is 0 Å². The SMILES string of the molecule is CC1C(COc2ccc(NC(=O)NC(=O)c3c(Cl)cccc3Cl)cc2Cl)C1(Cl)Cl. The average molecular weight is 497 g/mol. The molecule has 1 saturated carbocycles. The standard InChI is InChI=1S/C19H15Cl5N2O3/c1-9-11(19(9,23)24)8-29-15-6-5-10(7-14(15)22)25-18(28)26-17(27)16-12(20)3-2-4-13(16)21/h2-7,9,11H,8H2,1H3,(H2,25,26,27,28). The summed E-state index contributed by atoms with van der Waals surface area (Å²) < 4.78 is 4.89. The molecule has 2 atom stereocenters. The van der Waals surface area contributed by atoms with Crippen molar-refractivity contribution in [2.24, 2.45) is 11.8 Å². The first-order valence-corrected chi connectivity index (χ1v) is 10.4. The number of anilines is 1. The molecular formula is C19H15Cl5N2O3. The van der Waals surface area contributed by atoms with Crippen molar-refractivity contribution in [3.05, 3.63) is 57.0 Å². The van der Waals surface area contributed by atoms with Gasteiger partial charge in [-0.2, -0.15) is 0 Å². The van der Waals surface area contributed by atoms with E-state index in [1.807, 2.05) is 6.92 Å². The third-order valence-corrected chi connectivity index (χ3v) is 6.80. The van der Waals surface area contributed by atoms with Gasteiger partial charge in [-0.05, 0) is 36.2 Å². The predicted molar refractivity (Wildman–Crippen MR) is 117 cm³/mol. The van der Waals surface area contributed by atoms with Crippen LogP contribution in [-0.4, -0.2) is 22.9 Å². The highest BCUT2D eigenvalue weighted by Gasteiger charge is 2.60. The molecule has 1 aliphatic carbocycles. The molecule has 3 rings (SSSR count). The smallest absolute Gasteiger partial charge is 0.326 e. The molecule has 2 aromatic rings. The highest BCUT2D eigenvalue weighted by Crippen LogP contribution is 2.58. The largest absolute Gasteiger partial charge is 0.492 e. The summed E-state index contributed by atoms with van der Waals surface area (Å²) in [5, 5.41) is 5.22. The van der Waals surface area contributed by atoms with Gasteiger partial charge in [0.2, 0.25) is 0 Å². The van der Waals surface area contributed by atoms with Crippen LogP contribution >= 0.6 is 58.0 Å². The lowest BCUT2D eigenvalue weighted by Gasteiger charge is -2.11. The zero-order valence-corrected chi connectivity index (χ0v) is 18.7. The van der Waals surface area contributed by atoms with E-state index in [2.05, 4.69) is 10.6 Å². The van der Waals surface area contributed by atoms with E-state index in [9.17, 15) is 9.59 Å². The third-order valence-electron chi connectivity index (χ3n) is 4.62. The molecule has 3 amide bonds. The molecular weight excluding hydrogens is 481 g/mol. The molecule has 29 heavy (non-hydrogen) atoms. The fraction of sp³-hybridized carbons (Fsp3) is 0.263. The fourth-order valence-electron chi connectivity index (χ4n) is 2.73. The summed E-state index contributed by atoms with van der Waals surface area (Å²) in [5.74, 6) is -0.139. The molecule has 0 heterocycles. The summed E-state index contributed by atoms with van der Waals surface area (Å²) in [6.45, 7) is 2.27. The Hall–Kier alpha value is -1.37. The van der Waals surface area contributed by atoms with Gasteiger partial charge >= 0.3 is 6.03 Å². The van der Waals surface area contributed by atoms with E-state index in [1.165, 1.54) is 18.2 Å². The highest BCUT2D eigenvalue weighted by atomic mass is 35.5. The molecule has 0 bridgehead atoms. The van der Waals surface area contributed by atoms with Crippen LogP contribution < -0.4 is 15.4 Å². The van der Waals surface area contributed by atoms with Gasteiger partial charge in [0.1, 0.15) is 10.1 Å². The van der Waals surface area contributed by atoms with Crippen molar-refractivity contribution in [1.82, 2.24) is 5.32 Å². The summed E-state index contributed by atoms with van der Waals surface area (Å²) in [5.41, 5.74) is 0.374. The van der Waals surface area contributed by atoms with Gasteiger partial charge in [0.25, 0.3) is 5.91 Å². The van der Waals surface area contributed by atoms with Crippen molar-refractivity contribution in [2.45, 2.75) is 11.3 Å². The van der Waals surface area contributed by atoms with Crippen LogP contribution in [0.5, 0.6) is 5.75 Å². The summed E-state index contributed by atoms with van der Waals surface area (Å²) in [4.78, 5) is 24.3. The maximum atomic E-state index is 12.2. The molecule has 0 aliphatic heterocycles. The van der Waals surface area contributed by atoms with Gasteiger partial charge in [-0.1, -0.05) is 47.8 Å². The van der Waals surface area contributed by atoms with Gasteiger partial charge in [0.15, 0.2) is 0 Å². The minimum atomic E-state index is -0.775. The zero-order valence-electron chi connectivity index (χ0n) is 14.9. The molecule has 0 spiro atoms. The molecule has 2 aromatic carbocycles. The normalized spacial score (nSPS) is 19.4. The molecule has 0 radical (unpaired) electrons. The Kier molecular flexibility index (Phi) is 6.76. The van der Waals surface area contributed by atoms with Crippen LogP contribution in [0.2, 0.25) is 15.1 Å². The van der Waals surface area contributed by atoms with Crippen LogP contribution in [0.15, 0.2) is 36.4 Å². The number of amides is 3. The second-order valence-corrected chi connectivity index (χ2v) is 9.20. The van der Waals surface area contributed by atoms with Crippen LogP contribution in [0, 0.1) is 11.8 Å². The Morgan fingerprint density at radius 1 is 1.07 bits per heavy atom. The van der Waals surface area contributed by atoms with Gasteiger partial charge in [0, 0.05) is 11.6 Å². The first-order valence-electron chi connectivity index (χ1n) is 8.47. The summed E-state index contributed by atoms with van der Waals surface area (Å²) in [7, 11) is 0. The molecule has 2 N–H and O–H groups in total. The number of benzene rings is 2. The first-order chi connectivity index (χ1) is 13.6. The van der Waals surface area contributed by atoms with Crippen LogP contribution in [0.4, 0.5) is 10.5 Å². The number of nitrogens with one attached hydrogen (secondary N) is 2. The van der Waals surface area contributed by atoms with Gasteiger partial charge in [0.05, 0.1) is 27.2 Å². The summed E-state index contributed by atoms with van der Waals surface area (Å²) >= 11 is 30.3. The van der Waals surface area contributed by atoms with Crippen LogP contribution in [0.1, 0.15) is 17.3 Å². The zero-order chi connectivity index (χ0) is 21.3. The van der Waals surface area contributed by atoms with Crippen LogP contribution in [0.25, 0.3) is 0 Å². The van der Waals surface area contributed by atoms with Crippen molar-refractivity contribution >= 4 is 75.6 Å². The number of urea groups is 1. The Morgan fingerprint density at radius 2 is 1.69 bits per heavy atom. The van der Waals surface area contributed by atoms with Crippen molar-refractivity contribution in [3.63, 3.8) is 0 Å². The van der Waals surface area contributed by atoms with E-state index in [1.54, 1.807) is 18.2 Å². The number of carbonyl (C=O) groups excluding carboxylic acids is 2. The molecule has 0 saturated heterocycles. The molecule has 0 aromatic heterocycles. The van der Waals surface area contributed by atoms with E-state index in [4.69, 9.17) is 62.7 Å². The number of ether oxygens (including phenoxy) is 1. The highest BCUT2D eigenvalue weighted by molar-refractivity contribution is 6.51. The topological polar surface area (TPSA) is 67.4 Å². The maximum absolute atomic E-state index is 12.2. The minimum absolute atomic E-state index is 0.0109. The van der Waals surface area contributed by atoms with Crippen LogP contribution in [0.3, 0.4) is 0 Å². The minimum Gasteiger partial charge on any atom is -0.492 e. The van der Waals surface area contributed by atoms with Crippen molar-refractivity contribution in [2.75, 3.05) is 11.9 Å². The second-order valence-electron chi connectivity index (χ2n) is 6.53. The van der Waals surface area contributed by atoms with Crippen LogP contribution in [-0.2, 0) is 0 Å². The lowest BCUT2D eigenvalue weighted by atomic mass is 10.2. The Bertz CT molecular complexity index is 947. The lowest BCUT2D eigenvalue weighted by Crippen LogP contribution is -2.34. The molecule has 5 nitrogen and oxygen atoms in total. The summed E-state index contributed by atoms with van der Waals surface area (Å²) in [6.07, 6.45) is 0. The van der Waals surface area contributed by atoms with Crippen molar-refractivity contribution in [1.29, 1.82) is 0 Å². The van der Waals surface area contributed by atoms with Gasteiger partial charge in [-0.25, -0.2) is 4.79 Å². The fourth-order valence-corrected chi connectivity index (χ4v) is 4.22. The average Bonchev–Trinajstić information content (AvgIpc) is 3.10. The van der Waals surface area contributed by atoms with Crippen molar-refractivity contribution < 1.29 is 14.3 Å². The molecule has 10 heteroatoms. The number of imide groups is 1. The predicted octanol–water partition coefficient (Wildman–Crippen LogP) is 6.43. The molecule has 1 fully saturated rings. The Labute approximate surface area is 192 Å². The number of rotatable bonds is 5. The van der Waals surface area contributed by atoms with Gasteiger partial charge in [-0.3, -0.25) is 10.1 Å². The maximum Gasteiger partial charge on any atom is 0.326 e. The van der Waals surface area contributed by atoms with E-state index in [-0.39, 0.29) is 32.5 Å². The quantitative estimate of drug-likeness (QED) is 0.469. The number of hydrogen-bond acceptors (Lipinski definition) is 3. The summed E-state index contributed by atoms with van der Waals surface area (Å²) in [6, 6.07) is 8.50. The Balaban J connectivity index is 1.58. The van der Waals surface area contributed by atoms with E-state index in [0.717, 1.165) is 0 Å². The first kappa shape index (κ1) is 22.3. The number of halogens is 5. The van der Waals surface area contributed by atoms with Crippen molar-refractivity contribution in [3.8, 4) is 5.75 Å². The molecule has 2 unspecified atom stereocenters. The number of hydrogen-bond donors (Lipinski definition) is 2. The van der Waals surface area contributed by atoms with Gasteiger partial charge < -0.3 is 10.1 Å². The van der Waals surface area contributed by atoms with E-state index in [0.29, 0.717) is 18.0 Å². The van der Waals surface area contributed by atoms with E-state index < -0.39 is 16.3 Å². The third kappa shape index (κ3) is 5.04. The monoisotopic (exact) mass is 494 g/mol. The lowest BCUT2D eigenvalue weighted by molar-refractivity contribution is 0.0967.